The molecule has 172 valence electrons. The molecule has 1 unspecified atom stereocenters. The second-order valence-corrected chi connectivity index (χ2v) is 13.4. The van der Waals surface area contributed by atoms with Crippen molar-refractivity contribution < 1.29 is 18.7 Å². The third-order valence-electron chi connectivity index (χ3n) is 8.72. The molecular weight excluding hydrogens is 431 g/mol. The van der Waals surface area contributed by atoms with Gasteiger partial charge in [-0.1, -0.05) is 32.4 Å². The average Bonchev–Trinajstić information content (AvgIpc) is 2.96. The van der Waals surface area contributed by atoms with Gasteiger partial charge in [-0.15, -0.1) is 23.5 Å². The van der Waals surface area contributed by atoms with Gasteiger partial charge in [-0.3, -0.25) is 9.59 Å². The van der Waals surface area contributed by atoms with E-state index in [0.717, 1.165) is 36.3 Å². The summed E-state index contributed by atoms with van der Waals surface area (Å²) >= 11 is 4.01. The lowest BCUT2D eigenvalue weighted by Crippen LogP contribution is -2.68. The van der Waals surface area contributed by atoms with Crippen LogP contribution < -0.4 is 0 Å². The molecule has 3 nitrogen and oxygen atoms in total. The van der Waals surface area contributed by atoms with Crippen molar-refractivity contribution in [3.05, 3.63) is 23.8 Å². The number of esters is 1. The molecule has 0 aliphatic heterocycles. The van der Waals surface area contributed by atoms with Crippen LogP contribution in [0.1, 0.15) is 66.7 Å². The molecule has 0 radical (unpaired) electrons. The maximum absolute atomic E-state index is 17.6. The van der Waals surface area contributed by atoms with Crippen molar-refractivity contribution in [1.82, 2.24) is 0 Å². The van der Waals surface area contributed by atoms with Crippen LogP contribution in [0.4, 0.5) is 4.39 Å². The highest BCUT2D eigenvalue weighted by Crippen LogP contribution is 2.74. The zero-order chi connectivity index (χ0) is 22.7. The molecular formula is C25H35FO3S2. The van der Waals surface area contributed by atoms with E-state index in [-0.39, 0.29) is 27.1 Å². The highest BCUT2D eigenvalue weighted by Gasteiger charge is 2.74. The molecule has 0 aromatic heterocycles. The number of thioether (sulfide) groups is 2. The van der Waals surface area contributed by atoms with Crippen LogP contribution in [0.25, 0.3) is 0 Å². The molecule has 0 bridgehead atoms. The van der Waals surface area contributed by atoms with Crippen LogP contribution in [0, 0.1) is 22.7 Å². The summed E-state index contributed by atoms with van der Waals surface area (Å²) in [6.07, 6.45) is 8.14. The van der Waals surface area contributed by atoms with Crippen molar-refractivity contribution in [3.63, 3.8) is 0 Å². The van der Waals surface area contributed by atoms with Crippen molar-refractivity contribution in [2.75, 3.05) is 11.5 Å². The highest BCUT2D eigenvalue weighted by atomic mass is 32.2. The maximum Gasteiger partial charge on any atom is 0.303 e. The van der Waals surface area contributed by atoms with Gasteiger partial charge in [0.25, 0.3) is 0 Å². The van der Waals surface area contributed by atoms with Crippen LogP contribution in [0.5, 0.6) is 0 Å². The van der Waals surface area contributed by atoms with Gasteiger partial charge in [-0.25, -0.2) is 4.39 Å². The van der Waals surface area contributed by atoms with E-state index in [9.17, 15) is 9.59 Å². The van der Waals surface area contributed by atoms with Crippen LogP contribution in [-0.2, 0) is 14.3 Å². The van der Waals surface area contributed by atoms with E-state index in [1.807, 2.05) is 30.4 Å². The molecule has 4 rings (SSSR count). The van der Waals surface area contributed by atoms with Crippen LogP contribution >= 0.6 is 23.5 Å². The summed E-state index contributed by atoms with van der Waals surface area (Å²) in [5.41, 5.74) is -1.87. The van der Waals surface area contributed by atoms with Crippen molar-refractivity contribution in [2.45, 2.75) is 82.6 Å². The SMILES string of the molecule is CCSC1(SCC)CC[C@H]2[C@@H]3CCC4=CC(=O)C=C[C@]4(C)C3(F)[C@@H](OC(C)=O)C[C@@]21C. The Bertz CT molecular complexity index is 833. The first kappa shape index (κ1) is 23.4. The smallest absolute Gasteiger partial charge is 0.303 e. The van der Waals surface area contributed by atoms with Crippen molar-refractivity contribution in [2.24, 2.45) is 22.7 Å². The Labute approximate surface area is 194 Å². The Morgan fingerprint density at radius 2 is 1.87 bits per heavy atom. The summed E-state index contributed by atoms with van der Waals surface area (Å²) in [5, 5.41) is 0. The number of rotatable bonds is 5. The summed E-state index contributed by atoms with van der Waals surface area (Å²) in [6.45, 7) is 10.0. The molecule has 31 heavy (non-hydrogen) atoms. The number of ether oxygens (including phenoxy) is 1. The molecule has 3 fully saturated rings. The predicted octanol–water partition coefficient (Wildman–Crippen LogP) is 6.13. The first-order chi connectivity index (χ1) is 14.6. The van der Waals surface area contributed by atoms with E-state index in [1.165, 1.54) is 13.0 Å². The van der Waals surface area contributed by atoms with Crippen molar-refractivity contribution >= 4 is 35.3 Å². The first-order valence-corrected chi connectivity index (χ1v) is 13.6. The average molecular weight is 467 g/mol. The molecule has 0 aromatic carbocycles. The fraction of sp³-hybridized carbons (Fsp3) is 0.760. The summed E-state index contributed by atoms with van der Waals surface area (Å²) in [6, 6.07) is 0. The number of halogens is 1. The number of ketones is 1. The van der Waals surface area contributed by atoms with Gasteiger partial charge < -0.3 is 4.74 Å². The normalized spacial score (nSPS) is 43.0. The second-order valence-electron chi connectivity index (χ2n) is 10.0. The number of hydrogen-bond acceptors (Lipinski definition) is 5. The molecule has 0 heterocycles. The summed E-state index contributed by atoms with van der Waals surface area (Å²) in [4.78, 5) is 24.2. The Kier molecular flexibility index (Phi) is 5.99. The lowest BCUT2D eigenvalue weighted by molar-refractivity contribution is -0.209. The molecule has 4 aliphatic rings. The Balaban J connectivity index is 1.85. The minimum atomic E-state index is -1.70. The van der Waals surface area contributed by atoms with Gasteiger partial charge in [0.15, 0.2) is 11.5 Å². The third kappa shape index (κ3) is 3.13. The molecule has 0 aromatic rings. The molecule has 0 spiro atoms. The minimum Gasteiger partial charge on any atom is -0.459 e. The number of carbonyl (C=O) groups excluding carboxylic acids is 2. The van der Waals surface area contributed by atoms with Gasteiger partial charge in [0, 0.05) is 18.3 Å². The third-order valence-corrected chi connectivity index (χ3v) is 12.3. The second kappa shape index (κ2) is 7.93. The Morgan fingerprint density at radius 3 is 2.48 bits per heavy atom. The summed E-state index contributed by atoms with van der Waals surface area (Å²) in [5.74, 6) is 1.60. The standard InChI is InChI=1S/C25H35FO3S2/c1-6-30-24(31-7-2)13-11-19-20-9-8-17-14-18(28)10-12-22(17,4)25(20,26)21(29-16(3)27)15-23(19,24)5/h10,12,14,19-21H,6-9,11,13,15H2,1-5H3/t19-,20-,21-,22-,23-,25?/m0/s1. The molecule has 6 heteroatoms. The van der Waals surface area contributed by atoms with Gasteiger partial charge in [-0.2, -0.15) is 0 Å². The Morgan fingerprint density at radius 1 is 1.19 bits per heavy atom. The fourth-order valence-electron chi connectivity index (χ4n) is 7.43. The monoisotopic (exact) mass is 466 g/mol. The quantitative estimate of drug-likeness (QED) is 0.360. The lowest BCUT2D eigenvalue weighted by Gasteiger charge is -2.63. The van der Waals surface area contributed by atoms with Gasteiger partial charge in [-0.05, 0) is 74.0 Å². The maximum atomic E-state index is 17.6. The van der Waals surface area contributed by atoms with Crippen LogP contribution in [0.15, 0.2) is 23.8 Å². The van der Waals surface area contributed by atoms with E-state index in [0.29, 0.717) is 12.8 Å². The van der Waals surface area contributed by atoms with E-state index in [4.69, 9.17) is 4.74 Å². The van der Waals surface area contributed by atoms with Crippen LogP contribution in [-0.4, -0.2) is 39.1 Å². The molecule has 0 saturated heterocycles. The van der Waals surface area contributed by atoms with E-state index >= 15 is 4.39 Å². The number of alkyl halides is 1. The van der Waals surface area contributed by atoms with Gasteiger partial charge >= 0.3 is 5.97 Å². The molecule has 6 atom stereocenters. The minimum absolute atomic E-state index is 0.0241. The number of allylic oxidation sites excluding steroid dienone is 4. The van der Waals surface area contributed by atoms with E-state index in [1.54, 1.807) is 12.2 Å². The highest BCUT2D eigenvalue weighted by molar-refractivity contribution is 8.18. The summed E-state index contributed by atoms with van der Waals surface area (Å²) < 4.78 is 23.5. The van der Waals surface area contributed by atoms with Crippen molar-refractivity contribution in [1.29, 1.82) is 0 Å². The van der Waals surface area contributed by atoms with Gasteiger partial charge in [0.05, 0.1) is 4.08 Å². The predicted molar refractivity (Wildman–Crippen MR) is 127 cm³/mol. The number of hydrogen-bond donors (Lipinski definition) is 0. The zero-order valence-electron chi connectivity index (χ0n) is 19.3. The Hall–Kier alpha value is -0.750. The molecule has 4 aliphatic carbocycles. The van der Waals surface area contributed by atoms with Gasteiger partial charge in [0.1, 0.15) is 6.10 Å². The van der Waals surface area contributed by atoms with Gasteiger partial charge in [0.2, 0.25) is 0 Å². The van der Waals surface area contributed by atoms with Crippen LogP contribution in [0.3, 0.4) is 0 Å². The first-order valence-electron chi connectivity index (χ1n) is 11.7. The van der Waals surface area contributed by atoms with E-state index < -0.39 is 23.2 Å². The topological polar surface area (TPSA) is 43.4 Å². The summed E-state index contributed by atoms with van der Waals surface area (Å²) in [7, 11) is 0. The fourth-order valence-corrected chi connectivity index (χ4v) is 11.1. The largest absolute Gasteiger partial charge is 0.459 e. The molecule has 0 amide bonds. The number of fused-ring (bicyclic) bond motifs is 5. The van der Waals surface area contributed by atoms with Crippen molar-refractivity contribution in [3.8, 4) is 0 Å². The molecule has 0 N–H and O–H groups in total. The molecule has 3 saturated carbocycles. The van der Waals surface area contributed by atoms with Crippen LogP contribution in [0.2, 0.25) is 0 Å². The number of carbonyl (C=O) groups is 2. The van der Waals surface area contributed by atoms with E-state index in [2.05, 4.69) is 20.8 Å². The lowest BCUT2D eigenvalue weighted by atomic mass is 9.46. The zero-order valence-corrected chi connectivity index (χ0v) is 21.0.